The lowest BCUT2D eigenvalue weighted by atomic mass is 10.2. The highest BCUT2D eigenvalue weighted by atomic mass is 19.1. The second-order valence-electron chi connectivity index (χ2n) is 12.1. The summed E-state index contributed by atoms with van der Waals surface area (Å²) >= 11 is 0. The highest BCUT2D eigenvalue weighted by molar-refractivity contribution is 5.62. The zero-order chi connectivity index (χ0) is 34.6. The van der Waals surface area contributed by atoms with Gasteiger partial charge in [-0.2, -0.15) is 0 Å². The summed E-state index contributed by atoms with van der Waals surface area (Å²) in [5.74, 6) is -0.626. The van der Waals surface area contributed by atoms with Crippen LogP contribution in [-0.4, -0.2) is 158 Å². The summed E-state index contributed by atoms with van der Waals surface area (Å²) in [7, 11) is 0. The van der Waals surface area contributed by atoms with Crippen LogP contribution in [0.1, 0.15) is 0 Å². The first-order valence-electron chi connectivity index (χ1n) is 17.9. The monoisotopic (exact) mass is 708 g/mol. The third-order valence-corrected chi connectivity index (χ3v) is 8.81. The van der Waals surface area contributed by atoms with E-state index in [1.165, 1.54) is 0 Å². The molecule has 8 bridgehead atoms. The first kappa shape index (κ1) is 38.4. The van der Waals surface area contributed by atoms with Crippen molar-refractivity contribution in [1.29, 1.82) is 0 Å². The van der Waals surface area contributed by atoms with Gasteiger partial charge in [0.25, 0.3) is 0 Å². The van der Waals surface area contributed by atoms with Gasteiger partial charge in [0.1, 0.15) is 0 Å². The third-order valence-electron chi connectivity index (χ3n) is 8.81. The fourth-order valence-electron chi connectivity index (χ4n) is 6.09. The molecule has 0 aromatic heterocycles. The van der Waals surface area contributed by atoms with Crippen LogP contribution in [0, 0.1) is 11.6 Å². The van der Waals surface area contributed by atoms with Crippen LogP contribution in [0.25, 0.3) is 0 Å². The molecule has 0 radical (unpaired) electrons. The number of benzene rings is 2. The zero-order valence-electron chi connectivity index (χ0n) is 29.2. The predicted molar refractivity (Wildman–Crippen MR) is 188 cm³/mol. The molecule has 2 aromatic carbocycles. The van der Waals surface area contributed by atoms with E-state index >= 15 is 8.78 Å². The average Bonchev–Trinajstić information content (AvgIpc) is 3.12. The zero-order valence-corrected chi connectivity index (χ0v) is 29.2. The Hall–Kier alpha value is -2.82. The van der Waals surface area contributed by atoms with Crippen LogP contribution in [0.15, 0.2) is 36.4 Å². The molecule has 2 aromatic rings. The Balaban J connectivity index is 1.45. The van der Waals surface area contributed by atoms with Gasteiger partial charge < -0.3 is 57.5 Å². The molecule has 0 aliphatic carbocycles. The molecular formula is C36H54F2N4O8. The van der Waals surface area contributed by atoms with Gasteiger partial charge in [0.15, 0.2) is 11.6 Å². The maximum atomic E-state index is 16.4. The number of hydrogen-bond acceptors (Lipinski definition) is 12. The molecule has 14 heteroatoms. The van der Waals surface area contributed by atoms with E-state index in [-0.39, 0.29) is 11.6 Å². The smallest absolute Gasteiger partial charge is 0.169 e. The van der Waals surface area contributed by atoms with Crippen molar-refractivity contribution in [3.8, 4) is 0 Å². The minimum absolute atomic E-state index is 0.313. The van der Waals surface area contributed by atoms with Gasteiger partial charge in [-0.1, -0.05) is 12.1 Å². The SMILES string of the molecule is Fc1c2cccc1N1CCOCCOCCN(CCOCCOCC1)c1cccc(c1F)N1CCOCCOCCN2CCOCCOCC1. The fourth-order valence-corrected chi connectivity index (χ4v) is 6.09. The number of halogens is 2. The number of nitrogens with zero attached hydrogens (tertiary/aromatic N) is 4. The summed E-state index contributed by atoms with van der Waals surface area (Å²) in [6, 6.07) is 10.9. The molecule has 6 aliphatic heterocycles. The summed E-state index contributed by atoms with van der Waals surface area (Å²) in [6.07, 6.45) is 0. The lowest BCUT2D eigenvalue weighted by molar-refractivity contribution is 0.0432. The molecule has 2 saturated heterocycles. The maximum absolute atomic E-state index is 16.4. The molecule has 6 aliphatic rings. The Morgan fingerprint density at radius 1 is 0.300 bits per heavy atom. The highest BCUT2D eigenvalue weighted by Crippen LogP contribution is 2.30. The Kier molecular flexibility index (Phi) is 17.0. The summed E-state index contributed by atoms with van der Waals surface area (Å²) in [6.45, 7) is 9.82. The van der Waals surface area contributed by atoms with Crippen molar-refractivity contribution < 1.29 is 46.7 Å². The van der Waals surface area contributed by atoms with Crippen LogP contribution >= 0.6 is 0 Å². The molecule has 0 saturated carbocycles. The van der Waals surface area contributed by atoms with Crippen LogP contribution < -0.4 is 19.6 Å². The highest BCUT2D eigenvalue weighted by Gasteiger charge is 2.21. The minimum Gasteiger partial charge on any atom is -0.377 e. The molecule has 2 fully saturated rings. The van der Waals surface area contributed by atoms with Crippen LogP contribution in [-0.2, 0) is 37.9 Å². The lowest BCUT2D eigenvalue weighted by Crippen LogP contribution is -2.36. The second kappa shape index (κ2) is 22.2. The molecule has 0 N–H and O–H groups in total. The number of rotatable bonds is 0. The Morgan fingerprint density at radius 3 is 0.660 bits per heavy atom. The van der Waals surface area contributed by atoms with E-state index in [1.807, 2.05) is 31.7 Å². The van der Waals surface area contributed by atoms with E-state index in [0.29, 0.717) is 181 Å². The predicted octanol–water partition coefficient (Wildman–Crippen LogP) is 3.06. The van der Waals surface area contributed by atoms with Gasteiger partial charge in [0, 0.05) is 52.4 Å². The van der Waals surface area contributed by atoms with Crippen LogP contribution in [0.3, 0.4) is 0 Å². The van der Waals surface area contributed by atoms with Crippen molar-refractivity contribution in [3.05, 3.63) is 48.0 Å². The topological polar surface area (TPSA) is 86.8 Å². The lowest BCUT2D eigenvalue weighted by Gasteiger charge is -2.30. The number of hydrogen-bond donors (Lipinski definition) is 0. The quantitative estimate of drug-likeness (QED) is 0.404. The van der Waals surface area contributed by atoms with E-state index in [1.54, 1.807) is 24.3 Å². The fraction of sp³-hybridized carbons (Fsp3) is 0.667. The molecular weight excluding hydrogens is 654 g/mol. The van der Waals surface area contributed by atoms with Crippen LogP contribution in [0.5, 0.6) is 0 Å². The Bertz CT molecular complexity index is 1030. The third kappa shape index (κ3) is 12.2. The first-order chi connectivity index (χ1) is 24.7. The van der Waals surface area contributed by atoms with E-state index < -0.39 is 0 Å². The van der Waals surface area contributed by atoms with Gasteiger partial charge in [-0.25, -0.2) is 8.78 Å². The molecule has 0 unspecified atom stereocenters. The van der Waals surface area contributed by atoms with Crippen LogP contribution in [0.2, 0.25) is 0 Å². The molecule has 0 amide bonds. The van der Waals surface area contributed by atoms with Crippen molar-refractivity contribution in [1.82, 2.24) is 0 Å². The van der Waals surface area contributed by atoms with Crippen LogP contribution in [0.4, 0.5) is 31.5 Å². The normalized spacial score (nSPS) is 21.5. The summed E-state index contributed by atoms with van der Waals surface area (Å²) < 4.78 is 80.1. The molecule has 0 atom stereocenters. The van der Waals surface area contributed by atoms with Crippen molar-refractivity contribution >= 4 is 22.7 Å². The van der Waals surface area contributed by atoms with Crippen molar-refractivity contribution in [2.45, 2.75) is 0 Å². The van der Waals surface area contributed by atoms with Gasteiger partial charge in [0.2, 0.25) is 0 Å². The summed E-state index contributed by atoms with van der Waals surface area (Å²) in [5.41, 5.74) is 1.91. The Labute approximate surface area is 295 Å². The van der Waals surface area contributed by atoms with Crippen molar-refractivity contribution in [2.75, 3.05) is 178 Å². The van der Waals surface area contributed by atoms with E-state index in [9.17, 15) is 0 Å². The van der Waals surface area contributed by atoms with Gasteiger partial charge >= 0.3 is 0 Å². The number of ether oxygens (including phenoxy) is 8. The van der Waals surface area contributed by atoms with Crippen molar-refractivity contribution in [3.63, 3.8) is 0 Å². The molecule has 280 valence electrons. The van der Waals surface area contributed by atoms with E-state index in [4.69, 9.17) is 37.9 Å². The average molecular weight is 709 g/mol. The molecule has 50 heavy (non-hydrogen) atoms. The first-order valence-corrected chi connectivity index (χ1v) is 17.9. The van der Waals surface area contributed by atoms with Crippen molar-refractivity contribution in [2.24, 2.45) is 0 Å². The molecule has 8 rings (SSSR count). The van der Waals surface area contributed by atoms with Gasteiger partial charge in [-0.3, -0.25) is 0 Å². The second-order valence-corrected chi connectivity index (χ2v) is 12.1. The largest absolute Gasteiger partial charge is 0.377 e. The van der Waals surface area contributed by atoms with Gasteiger partial charge in [-0.05, 0) is 24.3 Å². The van der Waals surface area contributed by atoms with E-state index in [2.05, 4.69) is 0 Å². The summed E-state index contributed by atoms with van der Waals surface area (Å²) in [4.78, 5) is 7.83. The maximum Gasteiger partial charge on any atom is 0.169 e. The summed E-state index contributed by atoms with van der Waals surface area (Å²) in [5, 5.41) is 0. The van der Waals surface area contributed by atoms with E-state index in [0.717, 1.165) is 0 Å². The van der Waals surface area contributed by atoms with Gasteiger partial charge in [0.05, 0.1) is 128 Å². The minimum atomic E-state index is -0.313. The van der Waals surface area contributed by atoms with Gasteiger partial charge in [-0.15, -0.1) is 0 Å². The Morgan fingerprint density at radius 2 is 0.480 bits per heavy atom. The molecule has 6 heterocycles. The molecule has 12 nitrogen and oxygen atoms in total. The standard InChI is InChI=1S/C36H54F2N4O8/c37-35-31-3-1-4-32(35)40-9-17-45-25-29-49-21-13-42(14-22-50-30-26-46-18-10-40)34-6-2-5-33(36(34)38)41-11-19-47-27-23-43-15-7-39(31)8-16-44-24-28-48-20-12-41/h1-6H,7-30H2. The number of anilines is 4. The molecule has 0 spiro atoms.